The van der Waals surface area contributed by atoms with Crippen molar-refractivity contribution in [3.8, 4) is 0 Å². The zero-order valence-corrected chi connectivity index (χ0v) is 9.88. The van der Waals surface area contributed by atoms with Gasteiger partial charge in [-0.2, -0.15) is 0 Å². The third-order valence-corrected chi connectivity index (χ3v) is 3.46. The summed E-state index contributed by atoms with van der Waals surface area (Å²) in [5, 5.41) is 12.2. The zero-order chi connectivity index (χ0) is 11.3. The van der Waals surface area contributed by atoms with Crippen molar-refractivity contribution in [2.75, 3.05) is 13.1 Å². The van der Waals surface area contributed by atoms with Gasteiger partial charge in [0, 0.05) is 0 Å². The first-order chi connectivity index (χ1) is 7.02. The van der Waals surface area contributed by atoms with E-state index in [4.69, 9.17) is 5.11 Å². The van der Waals surface area contributed by atoms with Gasteiger partial charge in [-0.3, -0.25) is 4.79 Å². The van der Waals surface area contributed by atoms with Gasteiger partial charge in [-0.1, -0.05) is 19.3 Å². The predicted molar refractivity (Wildman–Crippen MR) is 60.9 cm³/mol. The molecule has 0 atom stereocenters. The highest BCUT2D eigenvalue weighted by Gasteiger charge is 2.26. The van der Waals surface area contributed by atoms with Crippen molar-refractivity contribution < 1.29 is 9.90 Å². The standard InChI is InChI=1S/C12H23NO2/c1-12(2,11(14)15)7-9-13-8-6-10-4-3-5-10/h10,13H,3-9H2,1-2H3,(H,14,15). The third-order valence-electron chi connectivity index (χ3n) is 3.46. The van der Waals surface area contributed by atoms with Crippen molar-refractivity contribution in [2.24, 2.45) is 11.3 Å². The Balaban J connectivity index is 1.98. The summed E-state index contributed by atoms with van der Waals surface area (Å²) in [6.45, 7) is 5.41. The largest absolute Gasteiger partial charge is 0.481 e. The maximum atomic E-state index is 10.8. The molecule has 0 unspecified atom stereocenters. The van der Waals surface area contributed by atoms with Crippen LogP contribution in [0.4, 0.5) is 0 Å². The second-order valence-corrected chi connectivity index (χ2v) is 5.27. The van der Waals surface area contributed by atoms with E-state index in [0.717, 1.165) is 19.0 Å². The maximum absolute atomic E-state index is 10.8. The van der Waals surface area contributed by atoms with Gasteiger partial charge >= 0.3 is 5.97 Å². The van der Waals surface area contributed by atoms with Gasteiger partial charge in [0.15, 0.2) is 0 Å². The Bertz CT molecular complexity index is 210. The SMILES string of the molecule is CC(C)(CCNCCC1CCC1)C(=O)O. The summed E-state index contributed by atoms with van der Waals surface area (Å²) >= 11 is 0. The molecule has 0 aromatic heterocycles. The molecular weight excluding hydrogens is 190 g/mol. The van der Waals surface area contributed by atoms with Crippen molar-refractivity contribution in [1.82, 2.24) is 5.32 Å². The lowest BCUT2D eigenvalue weighted by Crippen LogP contribution is -2.30. The van der Waals surface area contributed by atoms with Crippen molar-refractivity contribution in [1.29, 1.82) is 0 Å². The van der Waals surface area contributed by atoms with Crippen LogP contribution in [0.1, 0.15) is 46.0 Å². The molecule has 1 saturated carbocycles. The van der Waals surface area contributed by atoms with E-state index in [1.165, 1.54) is 25.7 Å². The van der Waals surface area contributed by atoms with Crippen LogP contribution in [0.5, 0.6) is 0 Å². The molecule has 0 bridgehead atoms. The summed E-state index contributed by atoms with van der Waals surface area (Å²) in [4.78, 5) is 10.8. The summed E-state index contributed by atoms with van der Waals surface area (Å²) in [5.41, 5.74) is -0.594. The van der Waals surface area contributed by atoms with Crippen LogP contribution in [0.15, 0.2) is 0 Å². The van der Waals surface area contributed by atoms with Crippen molar-refractivity contribution in [3.63, 3.8) is 0 Å². The van der Waals surface area contributed by atoms with Gasteiger partial charge in [-0.05, 0) is 45.7 Å². The first-order valence-electron chi connectivity index (χ1n) is 5.96. The molecule has 88 valence electrons. The Labute approximate surface area is 92.3 Å². The molecule has 3 heteroatoms. The molecule has 1 rings (SSSR count). The Morgan fingerprint density at radius 2 is 2.07 bits per heavy atom. The van der Waals surface area contributed by atoms with E-state index in [9.17, 15) is 4.79 Å². The second-order valence-electron chi connectivity index (χ2n) is 5.27. The molecule has 0 amide bonds. The number of hydrogen-bond acceptors (Lipinski definition) is 2. The first kappa shape index (κ1) is 12.5. The fraction of sp³-hybridized carbons (Fsp3) is 0.917. The Morgan fingerprint density at radius 3 is 2.53 bits per heavy atom. The molecule has 1 fully saturated rings. The summed E-state index contributed by atoms with van der Waals surface area (Å²) in [6.07, 6.45) is 6.14. The van der Waals surface area contributed by atoms with Gasteiger partial charge in [0.05, 0.1) is 5.41 Å². The minimum absolute atomic E-state index is 0.594. The van der Waals surface area contributed by atoms with Gasteiger partial charge in [0.1, 0.15) is 0 Å². The van der Waals surface area contributed by atoms with Gasteiger partial charge < -0.3 is 10.4 Å². The van der Waals surface area contributed by atoms with Crippen LogP contribution < -0.4 is 5.32 Å². The maximum Gasteiger partial charge on any atom is 0.309 e. The lowest BCUT2D eigenvalue weighted by Gasteiger charge is -2.25. The quantitative estimate of drug-likeness (QED) is 0.638. The van der Waals surface area contributed by atoms with E-state index in [1.54, 1.807) is 13.8 Å². The highest BCUT2D eigenvalue weighted by atomic mass is 16.4. The molecule has 0 radical (unpaired) electrons. The molecule has 0 aromatic rings. The number of carboxylic acid groups (broad SMARTS) is 1. The topological polar surface area (TPSA) is 49.3 Å². The first-order valence-corrected chi connectivity index (χ1v) is 5.96. The van der Waals surface area contributed by atoms with Crippen molar-refractivity contribution in [2.45, 2.75) is 46.0 Å². The fourth-order valence-electron chi connectivity index (χ4n) is 1.72. The summed E-state index contributed by atoms with van der Waals surface area (Å²) in [5.74, 6) is 0.230. The smallest absolute Gasteiger partial charge is 0.309 e. The van der Waals surface area contributed by atoms with E-state index < -0.39 is 11.4 Å². The number of carbonyl (C=O) groups is 1. The van der Waals surface area contributed by atoms with E-state index >= 15 is 0 Å². The van der Waals surface area contributed by atoms with Crippen molar-refractivity contribution >= 4 is 5.97 Å². The van der Waals surface area contributed by atoms with Crippen LogP contribution in [-0.4, -0.2) is 24.2 Å². The number of rotatable bonds is 7. The molecule has 0 spiro atoms. The van der Waals surface area contributed by atoms with Crippen LogP contribution in [0.25, 0.3) is 0 Å². The number of nitrogens with one attached hydrogen (secondary N) is 1. The third kappa shape index (κ3) is 4.20. The minimum atomic E-state index is -0.705. The van der Waals surface area contributed by atoms with Crippen LogP contribution in [0, 0.1) is 11.3 Å². The Hall–Kier alpha value is -0.570. The summed E-state index contributed by atoms with van der Waals surface area (Å²) in [7, 11) is 0. The molecular formula is C12H23NO2. The van der Waals surface area contributed by atoms with Gasteiger partial charge in [0.2, 0.25) is 0 Å². The predicted octanol–water partition coefficient (Wildman–Crippen LogP) is 2.27. The fourth-order valence-corrected chi connectivity index (χ4v) is 1.72. The lowest BCUT2D eigenvalue weighted by molar-refractivity contribution is -0.147. The number of aliphatic carboxylic acids is 1. The second kappa shape index (κ2) is 5.50. The van der Waals surface area contributed by atoms with Crippen LogP contribution in [0.3, 0.4) is 0 Å². The van der Waals surface area contributed by atoms with Gasteiger partial charge in [0.25, 0.3) is 0 Å². The van der Waals surface area contributed by atoms with Crippen LogP contribution in [-0.2, 0) is 4.79 Å². The van der Waals surface area contributed by atoms with E-state index in [2.05, 4.69) is 5.32 Å². The molecule has 0 saturated heterocycles. The Kier molecular flexibility index (Phi) is 4.58. The van der Waals surface area contributed by atoms with Crippen molar-refractivity contribution in [3.05, 3.63) is 0 Å². The minimum Gasteiger partial charge on any atom is -0.481 e. The van der Waals surface area contributed by atoms with E-state index in [-0.39, 0.29) is 0 Å². The molecule has 0 aromatic carbocycles. The zero-order valence-electron chi connectivity index (χ0n) is 9.88. The molecule has 0 heterocycles. The van der Waals surface area contributed by atoms with Gasteiger partial charge in [-0.25, -0.2) is 0 Å². The molecule has 1 aliphatic rings. The number of carboxylic acids is 1. The number of hydrogen-bond donors (Lipinski definition) is 2. The molecule has 2 N–H and O–H groups in total. The average Bonchev–Trinajstić information content (AvgIpc) is 2.07. The van der Waals surface area contributed by atoms with Gasteiger partial charge in [-0.15, -0.1) is 0 Å². The van der Waals surface area contributed by atoms with E-state index in [0.29, 0.717) is 6.42 Å². The molecule has 1 aliphatic carbocycles. The lowest BCUT2D eigenvalue weighted by atomic mass is 9.83. The monoisotopic (exact) mass is 213 g/mol. The van der Waals surface area contributed by atoms with E-state index in [1.807, 2.05) is 0 Å². The molecule has 15 heavy (non-hydrogen) atoms. The van der Waals surface area contributed by atoms with Crippen LogP contribution >= 0.6 is 0 Å². The normalized spacial score (nSPS) is 17.5. The Morgan fingerprint density at radius 1 is 1.40 bits per heavy atom. The highest BCUT2D eigenvalue weighted by Crippen LogP contribution is 2.28. The molecule has 0 aliphatic heterocycles. The highest BCUT2D eigenvalue weighted by molar-refractivity contribution is 5.73. The molecule has 3 nitrogen and oxygen atoms in total. The summed E-state index contributed by atoms with van der Waals surface area (Å²) < 4.78 is 0. The van der Waals surface area contributed by atoms with Crippen LogP contribution in [0.2, 0.25) is 0 Å². The summed E-state index contributed by atoms with van der Waals surface area (Å²) in [6, 6.07) is 0. The average molecular weight is 213 g/mol.